The van der Waals surface area contributed by atoms with Crippen LogP contribution in [0.2, 0.25) is 0 Å². The zero-order valence-corrected chi connectivity index (χ0v) is 12.7. The zero-order chi connectivity index (χ0) is 14.9. The van der Waals surface area contributed by atoms with Gasteiger partial charge in [0, 0.05) is 18.3 Å². The number of pyridine rings is 1. The van der Waals surface area contributed by atoms with E-state index in [2.05, 4.69) is 28.9 Å². The first-order valence-electron chi connectivity index (χ1n) is 7.18. The van der Waals surface area contributed by atoms with Crippen molar-refractivity contribution in [3.63, 3.8) is 0 Å². The number of anilines is 1. The van der Waals surface area contributed by atoms with Crippen molar-refractivity contribution in [2.45, 2.75) is 46.6 Å². The maximum absolute atomic E-state index is 9.04. The summed E-state index contributed by atoms with van der Waals surface area (Å²) in [6.07, 6.45) is 2.37. The third kappa shape index (κ3) is 2.57. The fraction of sp³-hybridized carbons (Fsp3) is 0.600. The highest BCUT2D eigenvalue weighted by Gasteiger charge is 2.30. The van der Waals surface area contributed by atoms with E-state index in [0.29, 0.717) is 12.0 Å². The van der Waals surface area contributed by atoms with Gasteiger partial charge in [0.2, 0.25) is 0 Å². The summed E-state index contributed by atoms with van der Waals surface area (Å²) in [5.74, 6) is 0.714. The van der Waals surface area contributed by atoms with Gasteiger partial charge in [0.05, 0.1) is 16.9 Å². The molecule has 1 aromatic rings. The molecule has 1 aliphatic heterocycles. The number of rotatable bonds is 3. The number of amidine groups is 1. The van der Waals surface area contributed by atoms with Gasteiger partial charge in [-0.3, -0.25) is 4.98 Å². The lowest BCUT2D eigenvalue weighted by Crippen LogP contribution is -2.35. The second-order valence-electron chi connectivity index (χ2n) is 5.88. The molecule has 1 atom stereocenters. The van der Waals surface area contributed by atoms with Gasteiger partial charge in [-0.1, -0.05) is 19.0 Å². The SMILES string of the molecule is Cc1cc(N2CCCC2C(C)C)c(/C(N)=N/O)c(C)n1. The van der Waals surface area contributed by atoms with E-state index in [0.717, 1.165) is 29.2 Å². The average molecular weight is 276 g/mol. The largest absolute Gasteiger partial charge is 0.409 e. The normalized spacial score (nSPS) is 19.9. The van der Waals surface area contributed by atoms with E-state index in [1.165, 1.54) is 12.8 Å². The maximum atomic E-state index is 9.04. The molecule has 5 heteroatoms. The molecule has 0 spiro atoms. The predicted molar refractivity (Wildman–Crippen MR) is 81.4 cm³/mol. The van der Waals surface area contributed by atoms with Gasteiger partial charge in [-0.15, -0.1) is 0 Å². The van der Waals surface area contributed by atoms with Gasteiger partial charge < -0.3 is 15.8 Å². The van der Waals surface area contributed by atoms with Crippen LogP contribution in [0, 0.1) is 19.8 Å². The first-order valence-corrected chi connectivity index (χ1v) is 7.18. The van der Waals surface area contributed by atoms with Gasteiger partial charge in [-0.2, -0.15) is 0 Å². The van der Waals surface area contributed by atoms with Crippen molar-refractivity contribution in [1.29, 1.82) is 0 Å². The molecule has 0 aliphatic carbocycles. The molecule has 0 saturated carbocycles. The van der Waals surface area contributed by atoms with Crippen LogP contribution < -0.4 is 10.6 Å². The molecule has 0 aromatic carbocycles. The summed E-state index contributed by atoms with van der Waals surface area (Å²) in [5.41, 5.74) is 9.44. The Balaban J connectivity index is 2.55. The molecule has 20 heavy (non-hydrogen) atoms. The minimum Gasteiger partial charge on any atom is -0.409 e. The highest BCUT2D eigenvalue weighted by molar-refractivity contribution is 6.03. The fourth-order valence-corrected chi connectivity index (χ4v) is 3.19. The van der Waals surface area contributed by atoms with E-state index < -0.39 is 0 Å². The number of aromatic nitrogens is 1. The Kier molecular flexibility index (Phi) is 4.16. The standard InChI is InChI=1S/C15H24N4O/c1-9(2)12-6-5-7-19(12)13-8-10(3)17-11(4)14(13)15(16)18-20/h8-9,12,20H,5-7H2,1-4H3,(H2,16,18). The van der Waals surface area contributed by atoms with E-state index >= 15 is 0 Å². The lowest BCUT2D eigenvalue weighted by Gasteiger charge is -2.31. The molecule has 1 aromatic heterocycles. The van der Waals surface area contributed by atoms with E-state index in [-0.39, 0.29) is 5.84 Å². The van der Waals surface area contributed by atoms with Crippen LogP contribution in [0.3, 0.4) is 0 Å². The molecule has 1 aliphatic rings. The number of oxime groups is 1. The quantitative estimate of drug-likeness (QED) is 0.385. The lowest BCUT2D eigenvalue weighted by atomic mass is 10.00. The van der Waals surface area contributed by atoms with Crippen LogP contribution in [0.5, 0.6) is 0 Å². The van der Waals surface area contributed by atoms with Gasteiger partial charge in [0.25, 0.3) is 0 Å². The Bertz CT molecular complexity index is 525. The van der Waals surface area contributed by atoms with E-state index in [1.54, 1.807) is 0 Å². The van der Waals surface area contributed by atoms with Crippen molar-refractivity contribution < 1.29 is 5.21 Å². The average Bonchev–Trinajstić information content (AvgIpc) is 2.86. The summed E-state index contributed by atoms with van der Waals surface area (Å²) in [7, 11) is 0. The Morgan fingerprint density at radius 1 is 1.50 bits per heavy atom. The van der Waals surface area contributed by atoms with Crippen LogP contribution in [-0.4, -0.2) is 28.6 Å². The molecule has 3 N–H and O–H groups in total. The van der Waals surface area contributed by atoms with Crippen molar-refractivity contribution in [1.82, 2.24) is 4.98 Å². The van der Waals surface area contributed by atoms with E-state index in [4.69, 9.17) is 10.9 Å². The molecular formula is C15H24N4O. The number of aryl methyl sites for hydroxylation is 2. The highest BCUT2D eigenvalue weighted by atomic mass is 16.4. The van der Waals surface area contributed by atoms with Crippen LogP contribution in [0.1, 0.15) is 43.6 Å². The molecule has 0 amide bonds. The number of nitrogens with two attached hydrogens (primary N) is 1. The molecule has 5 nitrogen and oxygen atoms in total. The minimum absolute atomic E-state index is 0.138. The second kappa shape index (κ2) is 5.69. The van der Waals surface area contributed by atoms with Crippen molar-refractivity contribution in [3.05, 3.63) is 23.0 Å². The van der Waals surface area contributed by atoms with Gasteiger partial charge in [-0.25, -0.2) is 0 Å². The summed E-state index contributed by atoms with van der Waals surface area (Å²) < 4.78 is 0. The van der Waals surface area contributed by atoms with Crippen LogP contribution in [0.15, 0.2) is 11.2 Å². The third-order valence-corrected chi connectivity index (χ3v) is 4.05. The zero-order valence-electron chi connectivity index (χ0n) is 12.7. The first-order chi connectivity index (χ1) is 9.45. The molecule has 1 unspecified atom stereocenters. The third-order valence-electron chi connectivity index (χ3n) is 4.05. The molecule has 2 rings (SSSR count). The van der Waals surface area contributed by atoms with Crippen molar-refractivity contribution in [3.8, 4) is 0 Å². The molecule has 0 radical (unpaired) electrons. The van der Waals surface area contributed by atoms with Crippen LogP contribution in [-0.2, 0) is 0 Å². The summed E-state index contributed by atoms with van der Waals surface area (Å²) in [6.45, 7) is 9.38. The Morgan fingerprint density at radius 3 is 2.80 bits per heavy atom. The van der Waals surface area contributed by atoms with Crippen LogP contribution in [0.4, 0.5) is 5.69 Å². The fourth-order valence-electron chi connectivity index (χ4n) is 3.19. The van der Waals surface area contributed by atoms with Crippen LogP contribution in [0.25, 0.3) is 0 Å². The first kappa shape index (κ1) is 14.6. The molecule has 1 fully saturated rings. The van der Waals surface area contributed by atoms with Gasteiger partial charge in [-0.05, 0) is 38.7 Å². The Hall–Kier alpha value is -1.78. The van der Waals surface area contributed by atoms with E-state index in [1.807, 2.05) is 19.9 Å². The topological polar surface area (TPSA) is 74.7 Å². The molecule has 2 heterocycles. The Morgan fingerprint density at radius 2 is 2.20 bits per heavy atom. The molecule has 110 valence electrons. The second-order valence-corrected chi connectivity index (χ2v) is 5.88. The highest BCUT2D eigenvalue weighted by Crippen LogP contribution is 2.33. The van der Waals surface area contributed by atoms with Crippen molar-refractivity contribution >= 4 is 11.5 Å². The summed E-state index contributed by atoms with van der Waals surface area (Å²) in [6, 6.07) is 2.54. The lowest BCUT2D eigenvalue weighted by molar-refractivity contribution is 0.318. The van der Waals surface area contributed by atoms with Crippen molar-refractivity contribution in [2.75, 3.05) is 11.4 Å². The summed E-state index contributed by atoms with van der Waals surface area (Å²) in [4.78, 5) is 6.83. The number of hydrogen-bond donors (Lipinski definition) is 2. The van der Waals surface area contributed by atoms with Gasteiger partial charge >= 0.3 is 0 Å². The number of hydrogen-bond acceptors (Lipinski definition) is 4. The smallest absolute Gasteiger partial charge is 0.174 e. The number of nitrogens with zero attached hydrogens (tertiary/aromatic N) is 3. The Labute approximate surface area is 120 Å². The van der Waals surface area contributed by atoms with Gasteiger partial charge in [0.15, 0.2) is 5.84 Å². The molecule has 1 saturated heterocycles. The maximum Gasteiger partial charge on any atom is 0.174 e. The van der Waals surface area contributed by atoms with Gasteiger partial charge in [0.1, 0.15) is 0 Å². The predicted octanol–water partition coefficient (Wildman–Crippen LogP) is 2.42. The molecular weight excluding hydrogens is 252 g/mol. The van der Waals surface area contributed by atoms with E-state index in [9.17, 15) is 0 Å². The minimum atomic E-state index is 0.138. The van der Waals surface area contributed by atoms with Crippen LogP contribution >= 0.6 is 0 Å². The monoisotopic (exact) mass is 276 g/mol. The summed E-state index contributed by atoms with van der Waals surface area (Å²) >= 11 is 0. The van der Waals surface area contributed by atoms with Crippen molar-refractivity contribution in [2.24, 2.45) is 16.8 Å². The summed E-state index contributed by atoms with van der Waals surface area (Å²) in [5, 5.41) is 12.2. The molecule has 0 bridgehead atoms.